The first kappa shape index (κ1) is 17.0. The highest BCUT2D eigenvalue weighted by molar-refractivity contribution is 5.75. The number of aryl methyl sites for hydroxylation is 1. The van der Waals surface area contributed by atoms with E-state index in [9.17, 15) is 9.59 Å². The lowest BCUT2D eigenvalue weighted by atomic mass is 10.0. The third kappa shape index (κ3) is 6.79. The molecule has 0 bridgehead atoms. The molecule has 0 aliphatic rings. The number of hydrogen-bond acceptors (Lipinski definition) is 2. The van der Waals surface area contributed by atoms with Crippen molar-refractivity contribution in [2.24, 2.45) is 5.92 Å². The topological polar surface area (TPSA) is 78.4 Å². The zero-order chi connectivity index (χ0) is 15.8. The van der Waals surface area contributed by atoms with Crippen LogP contribution in [0.3, 0.4) is 0 Å². The molecule has 1 aromatic rings. The average Bonchev–Trinajstić information content (AvgIpc) is 2.37. The summed E-state index contributed by atoms with van der Waals surface area (Å²) in [5.74, 6) is -0.836. The van der Waals surface area contributed by atoms with Crippen LogP contribution in [0.1, 0.15) is 31.4 Å². The fourth-order valence-corrected chi connectivity index (χ4v) is 2.05. The summed E-state index contributed by atoms with van der Waals surface area (Å²) in [7, 11) is 0. The molecule has 0 fully saturated rings. The molecule has 1 rings (SSSR count). The largest absolute Gasteiger partial charge is 0.481 e. The Bertz CT molecular complexity index is 486. The van der Waals surface area contributed by atoms with E-state index < -0.39 is 5.97 Å². The van der Waals surface area contributed by atoms with E-state index in [0.717, 1.165) is 6.42 Å². The molecule has 1 unspecified atom stereocenters. The second-order valence-corrected chi connectivity index (χ2v) is 5.59. The molecule has 5 nitrogen and oxygen atoms in total. The Balaban J connectivity index is 2.37. The lowest BCUT2D eigenvalue weighted by Gasteiger charge is -2.20. The van der Waals surface area contributed by atoms with E-state index in [1.807, 2.05) is 39.0 Å². The molecule has 1 aromatic carbocycles. The molecule has 0 radical (unpaired) electrons. The summed E-state index contributed by atoms with van der Waals surface area (Å²) in [6.45, 7) is 6.33. The van der Waals surface area contributed by atoms with E-state index in [0.29, 0.717) is 6.54 Å². The molecule has 0 aliphatic carbocycles. The van der Waals surface area contributed by atoms with Crippen LogP contribution in [-0.2, 0) is 11.2 Å². The first-order valence-electron chi connectivity index (χ1n) is 7.20. The van der Waals surface area contributed by atoms with Gasteiger partial charge >= 0.3 is 12.0 Å². The highest BCUT2D eigenvalue weighted by Gasteiger charge is 2.18. The monoisotopic (exact) mass is 292 g/mol. The number of carboxylic acids is 1. The number of carbonyl (C=O) groups excluding carboxylic acids is 1. The van der Waals surface area contributed by atoms with Crippen molar-refractivity contribution < 1.29 is 14.7 Å². The fraction of sp³-hybridized carbons (Fsp3) is 0.500. The number of carbonyl (C=O) groups is 2. The Labute approximate surface area is 125 Å². The summed E-state index contributed by atoms with van der Waals surface area (Å²) in [5.41, 5.74) is 2.36. The SMILES string of the molecule is Cc1cccc(CCNC(=O)NC(CC(=O)O)C(C)C)c1. The Morgan fingerprint density at radius 2 is 2.00 bits per heavy atom. The first-order valence-corrected chi connectivity index (χ1v) is 7.20. The summed E-state index contributed by atoms with van der Waals surface area (Å²) >= 11 is 0. The van der Waals surface area contributed by atoms with Crippen molar-refractivity contribution in [2.45, 2.75) is 39.7 Å². The van der Waals surface area contributed by atoms with Crippen molar-refractivity contribution in [3.63, 3.8) is 0 Å². The normalized spacial score (nSPS) is 12.0. The zero-order valence-electron chi connectivity index (χ0n) is 12.8. The van der Waals surface area contributed by atoms with Gasteiger partial charge in [-0.1, -0.05) is 43.7 Å². The highest BCUT2D eigenvalue weighted by Crippen LogP contribution is 2.06. The number of aliphatic carboxylic acids is 1. The summed E-state index contributed by atoms with van der Waals surface area (Å²) in [6.07, 6.45) is 0.684. The molecule has 5 heteroatoms. The summed E-state index contributed by atoms with van der Waals surface area (Å²) in [4.78, 5) is 22.5. The third-order valence-electron chi connectivity index (χ3n) is 3.30. The van der Waals surface area contributed by atoms with Crippen molar-refractivity contribution >= 4 is 12.0 Å². The van der Waals surface area contributed by atoms with Crippen molar-refractivity contribution in [1.82, 2.24) is 10.6 Å². The number of benzene rings is 1. The number of rotatable bonds is 7. The van der Waals surface area contributed by atoms with Gasteiger partial charge in [0, 0.05) is 12.6 Å². The van der Waals surface area contributed by atoms with Gasteiger partial charge in [0.15, 0.2) is 0 Å². The molecule has 0 spiro atoms. The number of carboxylic acid groups (broad SMARTS) is 1. The van der Waals surface area contributed by atoms with Gasteiger partial charge in [0.2, 0.25) is 0 Å². The second-order valence-electron chi connectivity index (χ2n) is 5.59. The third-order valence-corrected chi connectivity index (χ3v) is 3.30. The number of nitrogens with one attached hydrogen (secondary N) is 2. The van der Waals surface area contributed by atoms with Crippen LogP contribution in [0.4, 0.5) is 4.79 Å². The molecule has 21 heavy (non-hydrogen) atoms. The summed E-state index contributed by atoms with van der Waals surface area (Å²) in [6, 6.07) is 7.45. The van der Waals surface area contributed by atoms with Crippen LogP contribution in [0.25, 0.3) is 0 Å². The van der Waals surface area contributed by atoms with Crippen LogP contribution in [0, 0.1) is 12.8 Å². The van der Waals surface area contributed by atoms with Crippen LogP contribution >= 0.6 is 0 Å². The van der Waals surface area contributed by atoms with Gasteiger partial charge in [0.25, 0.3) is 0 Å². The lowest BCUT2D eigenvalue weighted by Crippen LogP contribution is -2.45. The minimum Gasteiger partial charge on any atom is -0.481 e. The van der Waals surface area contributed by atoms with Crippen molar-refractivity contribution in [1.29, 1.82) is 0 Å². The van der Waals surface area contributed by atoms with Gasteiger partial charge in [-0.25, -0.2) is 4.79 Å². The average molecular weight is 292 g/mol. The molecular formula is C16H24N2O3. The Morgan fingerprint density at radius 1 is 1.29 bits per heavy atom. The maximum Gasteiger partial charge on any atom is 0.315 e. The van der Waals surface area contributed by atoms with E-state index >= 15 is 0 Å². The molecule has 0 aliphatic heterocycles. The molecule has 0 heterocycles. The van der Waals surface area contributed by atoms with Gasteiger partial charge in [-0.2, -0.15) is 0 Å². The lowest BCUT2D eigenvalue weighted by molar-refractivity contribution is -0.137. The smallest absolute Gasteiger partial charge is 0.315 e. The molecule has 0 saturated carbocycles. The predicted molar refractivity (Wildman–Crippen MR) is 82.3 cm³/mol. The van der Waals surface area contributed by atoms with Crippen molar-refractivity contribution in [2.75, 3.05) is 6.54 Å². The molecular weight excluding hydrogens is 268 g/mol. The van der Waals surface area contributed by atoms with Crippen molar-refractivity contribution in [3.8, 4) is 0 Å². The van der Waals surface area contributed by atoms with Gasteiger partial charge in [-0.15, -0.1) is 0 Å². The van der Waals surface area contributed by atoms with Gasteiger partial charge in [-0.05, 0) is 24.8 Å². The summed E-state index contributed by atoms with van der Waals surface area (Å²) in [5, 5.41) is 14.3. The van der Waals surface area contributed by atoms with E-state index in [2.05, 4.69) is 16.7 Å². The van der Waals surface area contributed by atoms with E-state index in [-0.39, 0.29) is 24.4 Å². The van der Waals surface area contributed by atoms with E-state index in [1.165, 1.54) is 11.1 Å². The molecule has 116 valence electrons. The molecule has 3 N–H and O–H groups in total. The fourth-order valence-electron chi connectivity index (χ4n) is 2.05. The molecule has 2 amide bonds. The number of hydrogen-bond donors (Lipinski definition) is 3. The first-order chi connectivity index (χ1) is 9.88. The van der Waals surface area contributed by atoms with Gasteiger partial charge in [-0.3, -0.25) is 4.79 Å². The van der Waals surface area contributed by atoms with Crippen molar-refractivity contribution in [3.05, 3.63) is 35.4 Å². The predicted octanol–water partition coefficient (Wildman–Crippen LogP) is 2.34. The number of urea groups is 1. The summed E-state index contributed by atoms with van der Waals surface area (Å²) < 4.78 is 0. The van der Waals surface area contributed by atoms with Gasteiger partial charge in [0.1, 0.15) is 0 Å². The Hall–Kier alpha value is -2.04. The Morgan fingerprint density at radius 3 is 2.57 bits per heavy atom. The van der Waals surface area contributed by atoms with Gasteiger partial charge < -0.3 is 15.7 Å². The zero-order valence-corrected chi connectivity index (χ0v) is 12.8. The van der Waals surface area contributed by atoms with Crippen LogP contribution in [0.15, 0.2) is 24.3 Å². The highest BCUT2D eigenvalue weighted by atomic mass is 16.4. The molecule has 1 atom stereocenters. The van der Waals surface area contributed by atoms with E-state index in [1.54, 1.807) is 0 Å². The minimum absolute atomic E-state index is 0.0665. The minimum atomic E-state index is -0.909. The molecule has 0 aromatic heterocycles. The van der Waals surface area contributed by atoms with Crippen LogP contribution in [-0.4, -0.2) is 29.7 Å². The van der Waals surface area contributed by atoms with Crippen LogP contribution in [0.2, 0.25) is 0 Å². The van der Waals surface area contributed by atoms with Crippen LogP contribution < -0.4 is 10.6 Å². The maximum atomic E-state index is 11.8. The maximum absolute atomic E-state index is 11.8. The quantitative estimate of drug-likeness (QED) is 0.721. The van der Waals surface area contributed by atoms with Gasteiger partial charge in [0.05, 0.1) is 6.42 Å². The standard InChI is InChI=1S/C16H24N2O3/c1-11(2)14(10-15(19)20)18-16(21)17-8-7-13-6-4-5-12(3)9-13/h4-6,9,11,14H,7-8,10H2,1-3H3,(H,19,20)(H2,17,18,21). The van der Waals surface area contributed by atoms with E-state index in [4.69, 9.17) is 5.11 Å². The molecule has 0 saturated heterocycles. The number of amides is 2. The van der Waals surface area contributed by atoms with Crippen LogP contribution in [0.5, 0.6) is 0 Å². The Kier molecular flexibility index (Phi) is 6.72. The second kappa shape index (κ2) is 8.29.